The summed E-state index contributed by atoms with van der Waals surface area (Å²) in [6.07, 6.45) is 7.38. The van der Waals surface area contributed by atoms with E-state index in [4.69, 9.17) is 4.74 Å². The zero-order valence-corrected chi connectivity index (χ0v) is 16.5. The maximum absolute atomic E-state index is 11.6. The van der Waals surface area contributed by atoms with Gasteiger partial charge in [-0.05, 0) is 38.8 Å². The van der Waals surface area contributed by atoms with E-state index in [-0.39, 0.29) is 0 Å². The summed E-state index contributed by atoms with van der Waals surface area (Å²) >= 11 is 0. The normalized spacial score (nSPS) is 11.0. The highest BCUT2D eigenvalue weighted by Gasteiger charge is 2.15. The van der Waals surface area contributed by atoms with Crippen LogP contribution in [0.2, 0.25) is 0 Å². The second-order valence-electron chi connectivity index (χ2n) is 7.27. The molecule has 0 bridgehead atoms. The summed E-state index contributed by atoms with van der Waals surface area (Å²) in [5.41, 5.74) is 2.81. The number of fused-ring (bicyclic) bond motifs is 1. The number of anilines is 2. The molecule has 0 saturated heterocycles. The molecule has 1 amide bonds. The van der Waals surface area contributed by atoms with Gasteiger partial charge in [-0.3, -0.25) is 9.08 Å². The van der Waals surface area contributed by atoms with Crippen LogP contribution in [0, 0.1) is 11.8 Å². The summed E-state index contributed by atoms with van der Waals surface area (Å²) in [7, 11) is 1.87. The van der Waals surface area contributed by atoms with Gasteiger partial charge in [-0.2, -0.15) is 5.10 Å². The number of carbonyl (C=O) groups excluding carboxylic acids is 1. The maximum atomic E-state index is 11.6. The topological polar surface area (TPSA) is 85.5 Å². The molecule has 0 fully saturated rings. The van der Waals surface area contributed by atoms with E-state index in [1.807, 2.05) is 56.7 Å². The van der Waals surface area contributed by atoms with Gasteiger partial charge >= 0.3 is 6.09 Å². The molecule has 0 aliphatic carbocycles. The average molecular weight is 380 g/mol. The molecule has 28 heavy (non-hydrogen) atoms. The van der Waals surface area contributed by atoms with Gasteiger partial charge in [-0.15, -0.1) is 0 Å². The lowest BCUT2D eigenvalue weighted by Gasteiger charge is -2.19. The highest BCUT2D eigenvalue weighted by atomic mass is 16.6. The van der Waals surface area contributed by atoms with Crippen molar-refractivity contribution < 1.29 is 9.53 Å². The Balaban J connectivity index is 1.63. The Morgan fingerprint density at radius 3 is 2.86 bits per heavy atom. The molecular weight excluding hydrogens is 356 g/mol. The van der Waals surface area contributed by atoms with Crippen molar-refractivity contribution in [2.24, 2.45) is 7.05 Å². The number of aryl methyl sites for hydroxylation is 1. The van der Waals surface area contributed by atoms with E-state index in [0.717, 1.165) is 22.7 Å². The van der Waals surface area contributed by atoms with Crippen molar-refractivity contribution in [3.05, 3.63) is 42.6 Å². The number of pyridine rings is 1. The third-order valence-electron chi connectivity index (χ3n) is 3.65. The van der Waals surface area contributed by atoms with Gasteiger partial charge < -0.3 is 15.4 Å². The molecule has 0 atom stereocenters. The quantitative estimate of drug-likeness (QED) is 0.537. The fourth-order valence-electron chi connectivity index (χ4n) is 2.54. The lowest BCUT2D eigenvalue weighted by molar-refractivity contribution is 0.0529. The van der Waals surface area contributed by atoms with Gasteiger partial charge in [0.15, 0.2) is 5.65 Å². The molecule has 0 aliphatic rings. The monoisotopic (exact) mass is 380 g/mol. The lowest BCUT2D eigenvalue weighted by atomic mass is 10.2. The first kappa shape index (κ1) is 19.3. The van der Waals surface area contributed by atoms with Crippen LogP contribution in [0.15, 0.2) is 36.9 Å². The first-order valence-corrected chi connectivity index (χ1v) is 8.99. The molecule has 0 aliphatic heterocycles. The number of nitrogens with one attached hydrogen (secondary N) is 2. The van der Waals surface area contributed by atoms with E-state index in [2.05, 4.69) is 32.6 Å². The number of imidazole rings is 1. The number of carbonyl (C=O) groups is 1. The lowest BCUT2D eigenvalue weighted by Crippen LogP contribution is -2.32. The number of nitrogens with zero attached hydrogens (tertiary/aromatic N) is 4. The number of hydrogen-bond donors (Lipinski definition) is 2. The molecule has 3 rings (SSSR count). The van der Waals surface area contributed by atoms with Crippen molar-refractivity contribution in [3.8, 4) is 11.8 Å². The first-order valence-electron chi connectivity index (χ1n) is 8.99. The summed E-state index contributed by atoms with van der Waals surface area (Å²) in [5.74, 6) is 6.15. The summed E-state index contributed by atoms with van der Waals surface area (Å²) in [4.78, 5) is 16.1. The highest BCUT2D eigenvalue weighted by Crippen LogP contribution is 2.21. The summed E-state index contributed by atoms with van der Waals surface area (Å²) < 4.78 is 8.84. The highest BCUT2D eigenvalue weighted by molar-refractivity contribution is 5.74. The van der Waals surface area contributed by atoms with E-state index in [0.29, 0.717) is 13.0 Å². The first-order chi connectivity index (χ1) is 13.3. The van der Waals surface area contributed by atoms with Crippen LogP contribution in [0.1, 0.15) is 32.9 Å². The van der Waals surface area contributed by atoms with Gasteiger partial charge in [0.2, 0.25) is 0 Å². The maximum Gasteiger partial charge on any atom is 0.407 e. The number of hydrogen-bond acceptors (Lipinski definition) is 5. The van der Waals surface area contributed by atoms with Crippen LogP contribution in [0.25, 0.3) is 5.65 Å². The molecule has 3 aromatic heterocycles. The molecule has 0 aromatic carbocycles. The van der Waals surface area contributed by atoms with Gasteiger partial charge in [0.1, 0.15) is 11.3 Å². The molecular formula is C20H24N6O2. The predicted molar refractivity (Wildman–Crippen MR) is 107 cm³/mol. The van der Waals surface area contributed by atoms with Crippen LogP contribution in [0.3, 0.4) is 0 Å². The molecule has 0 saturated carbocycles. The minimum atomic E-state index is -0.506. The van der Waals surface area contributed by atoms with Crippen molar-refractivity contribution in [1.82, 2.24) is 24.5 Å². The second kappa shape index (κ2) is 8.05. The van der Waals surface area contributed by atoms with E-state index < -0.39 is 11.7 Å². The Kier molecular flexibility index (Phi) is 5.54. The molecule has 2 N–H and O–H groups in total. The number of ether oxygens (including phenoxy) is 1. The van der Waals surface area contributed by atoms with Crippen LogP contribution < -0.4 is 10.6 Å². The minimum Gasteiger partial charge on any atom is -0.444 e. The number of rotatable bonds is 4. The van der Waals surface area contributed by atoms with Crippen LogP contribution in [-0.4, -0.2) is 37.4 Å². The van der Waals surface area contributed by atoms with Gasteiger partial charge in [0.25, 0.3) is 0 Å². The second-order valence-corrected chi connectivity index (χ2v) is 7.27. The van der Waals surface area contributed by atoms with Crippen molar-refractivity contribution in [1.29, 1.82) is 0 Å². The largest absolute Gasteiger partial charge is 0.444 e. The van der Waals surface area contributed by atoms with Crippen molar-refractivity contribution in [2.75, 3.05) is 11.9 Å². The summed E-state index contributed by atoms with van der Waals surface area (Å²) in [5, 5.41) is 10.2. The molecule has 8 nitrogen and oxygen atoms in total. The fraction of sp³-hybridized carbons (Fsp3) is 0.350. The van der Waals surface area contributed by atoms with Crippen molar-refractivity contribution in [3.63, 3.8) is 0 Å². The van der Waals surface area contributed by atoms with E-state index >= 15 is 0 Å². The molecule has 146 valence electrons. The minimum absolute atomic E-state index is 0.423. The van der Waals surface area contributed by atoms with E-state index in [9.17, 15) is 4.79 Å². The van der Waals surface area contributed by atoms with Crippen LogP contribution >= 0.6 is 0 Å². The zero-order valence-electron chi connectivity index (χ0n) is 16.5. The number of aromatic nitrogens is 4. The Morgan fingerprint density at radius 1 is 1.32 bits per heavy atom. The summed E-state index contributed by atoms with van der Waals surface area (Å²) in [6, 6.07) is 3.89. The fourth-order valence-corrected chi connectivity index (χ4v) is 2.54. The van der Waals surface area contributed by atoms with Gasteiger partial charge in [-0.25, -0.2) is 9.78 Å². The molecule has 8 heteroatoms. The third-order valence-corrected chi connectivity index (χ3v) is 3.65. The smallest absolute Gasteiger partial charge is 0.407 e. The van der Waals surface area contributed by atoms with Crippen molar-refractivity contribution in [2.45, 2.75) is 32.8 Å². The number of amides is 1. The Bertz CT molecular complexity index is 1030. The van der Waals surface area contributed by atoms with Gasteiger partial charge in [-0.1, -0.05) is 5.92 Å². The SMILES string of the molecule is Cn1cc(Nc2cccn3c(C#CCCNC(=O)OC(C)(C)C)cnc23)cn1. The predicted octanol–water partition coefficient (Wildman–Crippen LogP) is 3.08. The Labute approximate surface area is 163 Å². The van der Waals surface area contributed by atoms with Gasteiger partial charge in [0.05, 0.1) is 23.8 Å². The van der Waals surface area contributed by atoms with Crippen LogP contribution in [0.5, 0.6) is 0 Å². The molecule has 3 heterocycles. The molecule has 0 spiro atoms. The zero-order chi connectivity index (χ0) is 20.1. The Morgan fingerprint density at radius 2 is 2.14 bits per heavy atom. The van der Waals surface area contributed by atoms with E-state index in [1.54, 1.807) is 17.1 Å². The van der Waals surface area contributed by atoms with Crippen LogP contribution in [0.4, 0.5) is 16.2 Å². The molecule has 0 unspecified atom stereocenters. The molecule has 0 radical (unpaired) electrons. The number of alkyl carbamates (subject to hydrolysis) is 1. The third kappa shape index (κ3) is 5.04. The van der Waals surface area contributed by atoms with E-state index in [1.165, 1.54) is 0 Å². The standard InChI is InChI=1S/C20H24N6O2/c1-20(2,3)28-19(27)21-10-6-5-8-16-13-22-18-17(9-7-11-26(16)18)24-15-12-23-25(4)14-15/h7,9,11-14,24H,6,10H2,1-4H3,(H,21,27). The van der Waals surface area contributed by atoms with Gasteiger partial charge in [0, 0.05) is 32.4 Å². The van der Waals surface area contributed by atoms with Crippen LogP contribution in [-0.2, 0) is 11.8 Å². The Hall–Kier alpha value is -3.47. The molecule has 3 aromatic rings. The average Bonchev–Trinajstić information content (AvgIpc) is 3.20. The summed E-state index contributed by atoms with van der Waals surface area (Å²) in [6.45, 7) is 5.91. The van der Waals surface area contributed by atoms with Crippen molar-refractivity contribution >= 4 is 23.1 Å².